The molecule has 4 aromatic rings. The van der Waals surface area contributed by atoms with Crippen molar-refractivity contribution in [3.05, 3.63) is 136 Å². The molecule has 4 rings (SSSR count). The van der Waals surface area contributed by atoms with Crippen LogP contribution < -0.4 is 15.2 Å². The number of rotatable bonds is 9. The van der Waals surface area contributed by atoms with E-state index in [9.17, 15) is 13.2 Å². The molecule has 4 aromatic carbocycles. The predicted molar refractivity (Wildman–Crippen MR) is 151 cm³/mol. The number of anilines is 1. The Labute approximate surface area is 225 Å². The maximum atomic E-state index is 13.9. The summed E-state index contributed by atoms with van der Waals surface area (Å²) < 4.78 is 29.9. The first-order valence-electron chi connectivity index (χ1n) is 11.5. The Morgan fingerprint density at radius 2 is 1.54 bits per heavy atom. The summed E-state index contributed by atoms with van der Waals surface area (Å²) in [6.07, 6.45) is 0. The van der Waals surface area contributed by atoms with E-state index in [1.807, 2.05) is 61.5 Å². The number of aryl methyl sites for hydroxylation is 1. The largest absolute Gasteiger partial charge is 0.298 e. The fraction of sp³-hybridized carbons (Fsp3) is 0.0690. The van der Waals surface area contributed by atoms with Crippen LogP contribution in [-0.4, -0.2) is 14.3 Å². The minimum Gasteiger partial charge on any atom is -0.298 e. The maximum absolute atomic E-state index is 13.9. The van der Waals surface area contributed by atoms with E-state index in [4.69, 9.17) is 0 Å². The normalized spacial score (nSPS) is 11.0. The maximum Gasteiger partial charge on any atom is 0.271 e. The van der Waals surface area contributed by atoms with Crippen molar-refractivity contribution in [1.29, 1.82) is 0 Å². The lowest BCUT2D eigenvalue weighted by molar-refractivity contribution is 0.0943. The van der Waals surface area contributed by atoms with Crippen LogP contribution in [0.2, 0.25) is 0 Å². The SMILES string of the molecule is C=C(NNC(=O)c1ccccc1N(Cc1ccccc1)S(=O)(=O)c1ccc(C)cc1)c1cccc(Br)c1. The molecule has 0 unspecified atom stereocenters. The molecule has 2 N–H and O–H groups in total. The lowest BCUT2D eigenvalue weighted by Crippen LogP contribution is -2.38. The average Bonchev–Trinajstić information content (AvgIpc) is 2.91. The van der Waals surface area contributed by atoms with Crippen molar-refractivity contribution in [3.63, 3.8) is 0 Å². The third-order valence-corrected chi connectivity index (χ3v) is 7.96. The number of hydrogen-bond acceptors (Lipinski definition) is 4. The third kappa shape index (κ3) is 6.28. The molecule has 0 aliphatic carbocycles. The van der Waals surface area contributed by atoms with E-state index in [0.717, 1.165) is 21.2 Å². The first kappa shape index (κ1) is 26.2. The number of carbonyl (C=O) groups is 1. The van der Waals surface area contributed by atoms with Crippen LogP contribution in [0.3, 0.4) is 0 Å². The highest BCUT2D eigenvalue weighted by Crippen LogP contribution is 2.29. The Morgan fingerprint density at radius 1 is 0.865 bits per heavy atom. The van der Waals surface area contributed by atoms with Gasteiger partial charge in [-0.3, -0.25) is 20.0 Å². The van der Waals surface area contributed by atoms with Crippen molar-refractivity contribution in [2.24, 2.45) is 0 Å². The molecule has 0 radical (unpaired) electrons. The number of benzene rings is 4. The first-order valence-corrected chi connectivity index (χ1v) is 13.7. The molecule has 0 fully saturated rings. The molecule has 8 heteroatoms. The van der Waals surface area contributed by atoms with Crippen LogP contribution in [0, 0.1) is 6.92 Å². The fourth-order valence-electron chi connectivity index (χ4n) is 3.72. The van der Waals surface area contributed by atoms with Crippen LogP contribution in [0.25, 0.3) is 5.70 Å². The number of para-hydroxylation sites is 1. The second-order valence-corrected chi connectivity index (χ2v) is 11.2. The smallest absolute Gasteiger partial charge is 0.271 e. The quantitative estimate of drug-likeness (QED) is 0.238. The minimum atomic E-state index is -3.99. The molecular formula is C29H26BrN3O3S. The Morgan fingerprint density at radius 3 is 2.24 bits per heavy atom. The molecule has 0 bridgehead atoms. The van der Waals surface area contributed by atoms with E-state index in [1.54, 1.807) is 48.5 Å². The van der Waals surface area contributed by atoms with Crippen molar-refractivity contribution in [2.75, 3.05) is 4.31 Å². The van der Waals surface area contributed by atoms with Crippen molar-refractivity contribution in [2.45, 2.75) is 18.4 Å². The molecule has 1 amide bonds. The van der Waals surface area contributed by atoms with Crippen molar-refractivity contribution < 1.29 is 13.2 Å². The van der Waals surface area contributed by atoms with Gasteiger partial charge in [0, 0.05) is 4.47 Å². The van der Waals surface area contributed by atoms with Gasteiger partial charge in [-0.1, -0.05) is 94.8 Å². The number of halogens is 1. The Hall–Kier alpha value is -3.88. The lowest BCUT2D eigenvalue weighted by atomic mass is 10.1. The van der Waals surface area contributed by atoms with Crippen LogP contribution in [0.5, 0.6) is 0 Å². The van der Waals surface area contributed by atoms with Gasteiger partial charge in [0.15, 0.2) is 0 Å². The van der Waals surface area contributed by atoms with Gasteiger partial charge in [0.25, 0.3) is 15.9 Å². The van der Waals surface area contributed by atoms with Crippen molar-refractivity contribution in [1.82, 2.24) is 10.9 Å². The molecule has 0 aromatic heterocycles. The zero-order valence-electron chi connectivity index (χ0n) is 20.2. The van der Waals surface area contributed by atoms with Gasteiger partial charge in [-0.25, -0.2) is 8.42 Å². The topological polar surface area (TPSA) is 78.5 Å². The zero-order valence-corrected chi connectivity index (χ0v) is 22.6. The number of hydrogen-bond donors (Lipinski definition) is 2. The molecule has 0 heterocycles. The summed E-state index contributed by atoms with van der Waals surface area (Å²) in [7, 11) is -3.99. The summed E-state index contributed by atoms with van der Waals surface area (Å²) >= 11 is 3.42. The number of hydrazine groups is 1. The fourth-order valence-corrected chi connectivity index (χ4v) is 5.59. The molecule has 0 aliphatic rings. The molecule has 0 atom stereocenters. The molecule has 37 heavy (non-hydrogen) atoms. The van der Waals surface area contributed by atoms with E-state index in [0.29, 0.717) is 5.70 Å². The number of carbonyl (C=O) groups excluding carboxylic acids is 1. The second-order valence-electron chi connectivity index (χ2n) is 8.40. The van der Waals surface area contributed by atoms with Gasteiger partial charge < -0.3 is 0 Å². The van der Waals surface area contributed by atoms with Gasteiger partial charge in [0.05, 0.1) is 28.4 Å². The number of amides is 1. The molecule has 188 valence electrons. The summed E-state index contributed by atoms with van der Waals surface area (Å²) in [6.45, 7) is 5.93. The highest BCUT2D eigenvalue weighted by molar-refractivity contribution is 9.10. The van der Waals surface area contributed by atoms with Gasteiger partial charge in [-0.15, -0.1) is 0 Å². The van der Waals surface area contributed by atoms with Gasteiger partial charge in [-0.05, 0) is 54.4 Å². The predicted octanol–water partition coefficient (Wildman–Crippen LogP) is 6.06. The van der Waals surface area contributed by atoms with Crippen LogP contribution in [0.1, 0.15) is 27.0 Å². The lowest BCUT2D eigenvalue weighted by Gasteiger charge is -2.27. The van der Waals surface area contributed by atoms with Crippen LogP contribution in [-0.2, 0) is 16.6 Å². The van der Waals surface area contributed by atoms with E-state index in [2.05, 4.69) is 33.4 Å². The van der Waals surface area contributed by atoms with Crippen LogP contribution >= 0.6 is 15.9 Å². The van der Waals surface area contributed by atoms with Gasteiger partial charge in [0.1, 0.15) is 0 Å². The van der Waals surface area contributed by atoms with E-state index in [1.165, 1.54) is 4.31 Å². The zero-order chi connectivity index (χ0) is 26.4. The van der Waals surface area contributed by atoms with E-state index < -0.39 is 15.9 Å². The Kier molecular flexibility index (Phi) is 8.11. The molecular weight excluding hydrogens is 550 g/mol. The molecule has 0 spiro atoms. The van der Waals surface area contributed by atoms with Gasteiger partial charge in [0.2, 0.25) is 0 Å². The summed E-state index contributed by atoms with van der Waals surface area (Å²) in [5.41, 5.74) is 8.95. The summed E-state index contributed by atoms with van der Waals surface area (Å²) in [5, 5.41) is 0. The van der Waals surface area contributed by atoms with Crippen molar-refractivity contribution in [3.8, 4) is 0 Å². The first-order chi connectivity index (χ1) is 17.8. The molecule has 0 aliphatic heterocycles. The van der Waals surface area contributed by atoms with Gasteiger partial charge in [-0.2, -0.15) is 0 Å². The highest BCUT2D eigenvalue weighted by atomic mass is 79.9. The number of nitrogens with zero attached hydrogens (tertiary/aromatic N) is 1. The minimum absolute atomic E-state index is 0.0551. The average molecular weight is 577 g/mol. The highest BCUT2D eigenvalue weighted by Gasteiger charge is 2.28. The third-order valence-electron chi connectivity index (χ3n) is 5.70. The van der Waals surface area contributed by atoms with Crippen LogP contribution in [0.15, 0.2) is 119 Å². The van der Waals surface area contributed by atoms with Crippen LogP contribution in [0.4, 0.5) is 5.69 Å². The monoisotopic (exact) mass is 575 g/mol. The van der Waals surface area contributed by atoms with E-state index in [-0.39, 0.29) is 22.7 Å². The second kappa shape index (κ2) is 11.5. The number of sulfonamides is 1. The molecule has 6 nitrogen and oxygen atoms in total. The van der Waals surface area contributed by atoms with Crippen molar-refractivity contribution >= 4 is 43.2 Å². The summed E-state index contributed by atoms with van der Waals surface area (Å²) in [4.78, 5) is 13.4. The van der Waals surface area contributed by atoms with Gasteiger partial charge >= 0.3 is 0 Å². The molecule has 0 saturated heterocycles. The number of nitrogens with one attached hydrogen (secondary N) is 2. The molecule has 0 saturated carbocycles. The Balaban J connectivity index is 1.68. The summed E-state index contributed by atoms with van der Waals surface area (Å²) in [5.74, 6) is -0.496. The standard InChI is InChI=1S/C29H26BrN3O3S/c1-21-15-17-26(18-16-21)37(35,36)33(20-23-9-4-3-5-10-23)28-14-7-6-13-27(28)29(34)32-31-22(2)24-11-8-12-25(30)19-24/h3-19,31H,2,20H2,1H3,(H,32,34). The Bertz CT molecular complexity index is 1520. The summed E-state index contributed by atoms with van der Waals surface area (Å²) in [6, 6.07) is 30.0. The van der Waals surface area contributed by atoms with E-state index >= 15 is 0 Å².